The average Bonchev–Trinajstić information content (AvgIpc) is 3.15. The SMILES string of the molecule is CCNCc1cc(NC(=O)c2ccc(C)c(N(N)/C=C(\N)c3cnn(C)c3C)c2)cc(C(F)(F)F)c1. The Hall–Kier alpha value is -3.83. The fourth-order valence-corrected chi connectivity index (χ4v) is 3.60. The molecule has 3 aromatic rings. The zero-order chi connectivity index (χ0) is 26.6. The van der Waals surface area contributed by atoms with Crippen LogP contribution in [0.2, 0.25) is 0 Å². The number of amides is 1. The van der Waals surface area contributed by atoms with Crippen molar-refractivity contribution in [2.75, 3.05) is 16.9 Å². The standard InChI is InChI=1S/C25H30F3N7O/c1-5-31-12-17-8-19(25(26,27)28)11-20(9-17)33-24(36)18-7-6-15(2)23(10-18)35(30)14-22(29)21-13-32-34(4)16(21)3/h6-11,13-14,31H,5,12,29-30H2,1-4H3,(H,33,36)/b22-14-. The highest BCUT2D eigenvalue weighted by Gasteiger charge is 2.31. The van der Waals surface area contributed by atoms with Gasteiger partial charge >= 0.3 is 6.18 Å². The molecular formula is C25H30F3N7O. The number of carbonyl (C=O) groups excluding carboxylic acids is 1. The van der Waals surface area contributed by atoms with Gasteiger partial charge in [-0.05, 0) is 61.9 Å². The van der Waals surface area contributed by atoms with E-state index in [9.17, 15) is 18.0 Å². The predicted molar refractivity (Wildman–Crippen MR) is 135 cm³/mol. The molecule has 3 rings (SSSR count). The van der Waals surface area contributed by atoms with Gasteiger partial charge in [0.1, 0.15) is 0 Å². The molecule has 1 amide bonds. The Bertz CT molecular complexity index is 1280. The fourth-order valence-electron chi connectivity index (χ4n) is 3.60. The van der Waals surface area contributed by atoms with Gasteiger partial charge in [0.25, 0.3) is 5.91 Å². The first-order valence-corrected chi connectivity index (χ1v) is 11.2. The number of aryl methyl sites for hydroxylation is 2. The molecule has 0 aliphatic rings. The van der Waals surface area contributed by atoms with Crippen LogP contribution in [0.25, 0.3) is 5.70 Å². The molecule has 0 saturated heterocycles. The first-order valence-electron chi connectivity index (χ1n) is 11.2. The van der Waals surface area contributed by atoms with E-state index in [0.717, 1.165) is 29.0 Å². The van der Waals surface area contributed by atoms with E-state index in [4.69, 9.17) is 11.6 Å². The van der Waals surface area contributed by atoms with E-state index >= 15 is 0 Å². The largest absolute Gasteiger partial charge is 0.416 e. The first-order chi connectivity index (χ1) is 16.9. The van der Waals surface area contributed by atoms with Gasteiger partial charge < -0.3 is 16.4 Å². The maximum atomic E-state index is 13.4. The second-order valence-electron chi connectivity index (χ2n) is 8.41. The van der Waals surface area contributed by atoms with Crippen LogP contribution in [0.3, 0.4) is 0 Å². The third-order valence-electron chi connectivity index (χ3n) is 5.73. The summed E-state index contributed by atoms with van der Waals surface area (Å²) in [6.45, 7) is 6.38. The molecule has 0 spiro atoms. The molecular weight excluding hydrogens is 471 g/mol. The number of nitrogens with one attached hydrogen (secondary N) is 2. The van der Waals surface area contributed by atoms with E-state index in [1.54, 1.807) is 36.1 Å². The van der Waals surface area contributed by atoms with Crippen LogP contribution in [0.5, 0.6) is 0 Å². The zero-order valence-corrected chi connectivity index (χ0v) is 20.6. The number of alkyl halides is 3. The zero-order valence-electron chi connectivity index (χ0n) is 20.6. The van der Waals surface area contributed by atoms with Gasteiger partial charge in [-0.2, -0.15) is 18.3 Å². The summed E-state index contributed by atoms with van der Waals surface area (Å²) >= 11 is 0. The molecule has 1 aromatic heterocycles. The predicted octanol–water partition coefficient (Wildman–Crippen LogP) is 4.05. The number of nitrogens with two attached hydrogens (primary N) is 2. The Morgan fingerprint density at radius 3 is 2.53 bits per heavy atom. The summed E-state index contributed by atoms with van der Waals surface area (Å²) in [6.07, 6.45) is -1.39. The number of hydrogen-bond donors (Lipinski definition) is 4. The lowest BCUT2D eigenvalue weighted by atomic mass is 10.1. The van der Waals surface area contributed by atoms with Gasteiger partial charge in [-0.3, -0.25) is 14.5 Å². The quantitative estimate of drug-likeness (QED) is 0.274. The summed E-state index contributed by atoms with van der Waals surface area (Å²) in [4.78, 5) is 13.0. The van der Waals surface area contributed by atoms with Crippen molar-refractivity contribution >= 4 is 23.0 Å². The molecule has 8 nitrogen and oxygen atoms in total. The molecule has 0 fully saturated rings. The van der Waals surface area contributed by atoms with Gasteiger partial charge in [0.2, 0.25) is 0 Å². The van der Waals surface area contributed by atoms with Crippen LogP contribution >= 0.6 is 0 Å². The van der Waals surface area contributed by atoms with Crippen LogP contribution in [0.4, 0.5) is 24.5 Å². The maximum absolute atomic E-state index is 13.4. The Labute approximate surface area is 207 Å². The van der Waals surface area contributed by atoms with Crippen molar-refractivity contribution in [2.45, 2.75) is 33.5 Å². The molecule has 0 unspecified atom stereocenters. The molecule has 0 aliphatic heterocycles. The van der Waals surface area contributed by atoms with E-state index in [1.165, 1.54) is 17.3 Å². The number of aromatic nitrogens is 2. The topological polar surface area (TPSA) is 114 Å². The lowest BCUT2D eigenvalue weighted by molar-refractivity contribution is -0.137. The number of halogens is 3. The first kappa shape index (κ1) is 26.8. The van der Waals surface area contributed by atoms with Crippen LogP contribution in [-0.4, -0.2) is 22.2 Å². The number of benzene rings is 2. The van der Waals surface area contributed by atoms with Crippen LogP contribution in [-0.2, 0) is 19.8 Å². The molecule has 1 heterocycles. The summed E-state index contributed by atoms with van der Waals surface area (Å²) in [6, 6.07) is 8.32. The number of carbonyl (C=O) groups is 1. The minimum Gasteiger partial charge on any atom is -0.397 e. The average molecular weight is 502 g/mol. The normalized spacial score (nSPS) is 12.1. The van der Waals surface area contributed by atoms with Gasteiger partial charge in [0, 0.05) is 42.3 Å². The van der Waals surface area contributed by atoms with Crippen molar-refractivity contribution in [1.82, 2.24) is 15.1 Å². The highest BCUT2D eigenvalue weighted by molar-refractivity contribution is 6.05. The van der Waals surface area contributed by atoms with Crippen molar-refractivity contribution in [1.29, 1.82) is 0 Å². The Morgan fingerprint density at radius 1 is 1.19 bits per heavy atom. The van der Waals surface area contributed by atoms with Crippen molar-refractivity contribution in [3.05, 3.63) is 82.3 Å². The molecule has 0 atom stereocenters. The van der Waals surface area contributed by atoms with Crippen LogP contribution in [0.1, 0.15) is 45.2 Å². The van der Waals surface area contributed by atoms with Crippen molar-refractivity contribution in [3.63, 3.8) is 0 Å². The fraction of sp³-hybridized carbons (Fsp3) is 0.280. The van der Waals surface area contributed by atoms with E-state index < -0.39 is 17.6 Å². The summed E-state index contributed by atoms with van der Waals surface area (Å²) < 4.78 is 41.9. The minimum atomic E-state index is -4.54. The molecule has 0 bridgehead atoms. The molecule has 6 N–H and O–H groups in total. The number of hydrazine groups is 1. The molecule has 11 heteroatoms. The number of anilines is 2. The molecule has 0 saturated carbocycles. The second-order valence-corrected chi connectivity index (χ2v) is 8.41. The van der Waals surface area contributed by atoms with Crippen LogP contribution < -0.4 is 27.2 Å². The lowest BCUT2D eigenvalue weighted by Gasteiger charge is -2.19. The summed E-state index contributed by atoms with van der Waals surface area (Å²) in [7, 11) is 1.80. The van der Waals surface area contributed by atoms with Gasteiger partial charge in [0.15, 0.2) is 0 Å². The molecule has 0 aliphatic carbocycles. The van der Waals surface area contributed by atoms with E-state index in [1.807, 2.05) is 20.8 Å². The maximum Gasteiger partial charge on any atom is 0.416 e. The number of rotatable bonds is 8. The Kier molecular flexibility index (Phi) is 8.06. The van der Waals surface area contributed by atoms with E-state index in [0.29, 0.717) is 23.5 Å². The van der Waals surface area contributed by atoms with Crippen molar-refractivity contribution in [2.24, 2.45) is 18.6 Å². The highest BCUT2D eigenvalue weighted by Crippen LogP contribution is 2.32. The number of nitrogens with zero attached hydrogens (tertiary/aromatic N) is 3. The summed E-state index contributed by atoms with van der Waals surface area (Å²) in [5.41, 5.74) is 9.28. The second kappa shape index (κ2) is 10.8. The monoisotopic (exact) mass is 501 g/mol. The lowest BCUT2D eigenvalue weighted by Crippen LogP contribution is -2.27. The Balaban J connectivity index is 1.87. The minimum absolute atomic E-state index is 0.0469. The molecule has 0 radical (unpaired) electrons. The van der Waals surface area contributed by atoms with Crippen molar-refractivity contribution in [3.8, 4) is 0 Å². The van der Waals surface area contributed by atoms with Gasteiger partial charge in [-0.1, -0.05) is 13.0 Å². The summed E-state index contributed by atoms with van der Waals surface area (Å²) in [5, 5.41) is 11.0. The smallest absolute Gasteiger partial charge is 0.397 e. The van der Waals surface area contributed by atoms with Crippen LogP contribution in [0, 0.1) is 13.8 Å². The van der Waals surface area contributed by atoms with Gasteiger partial charge in [-0.15, -0.1) is 0 Å². The van der Waals surface area contributed by atoms with E-state index in [2.05, 4.69) is 15.7 Å². The summed E-state index contributed by atoms with van der Waals surface area (Å²) in [5.74, 6) is 5.66. The van der Waals surface area contributed by atoms with Crippen LogP contribution in [0.15, 0.2) is 48.8 Å². The van der Waals surface area contributed by atoms with Gasteiger partial charge in [0.05, 0.1) is 23.1 Å². The Morgan fingerprint density at radius 2 is 1.92 bits per heavy atom. The number of hydrogen-bond acceptors (Lipinski definition) is 6. The molecule has 192 valence electrons. The van der Waals surface area contributed by atoms with Gasteiger partial charge in [-0.25, -0.2) is 5.84 Å². The molecule has 36 heavy (non-hydrogen) atoms. The third-order valence-corrected chi connectivity index (χ3v) is 5.73. The van der Waals surface area contributed by atoms with Crippen molar-refractivity contribution < 1.29 is 18.0 Å². The highest BCUT2D eigenvalue weighted by atomic mass is 19.4. The third kappa shape index (κ3) is 6.23. The molecule has 2 aromatic carbocycles. The van der Waals surface area contributed by atoms with E-state index in [-0.39, 0.29) is 17.8 Å².